The third-order valence-electron chi connectivity index (χ3n) is 1.68. The van der Waals surface area contributed by atoms with Gasteiger partial charge in [-0.25, -0.2) is 0 Å². The number of benzene rings is 1. The van der Waals surface area contributed by atoms with E-state index >= 15 is 0 Å². The summed E-state index contributed by atoms with van der Waals surface area (Å²) in [6, 6.07) is 5.23. The quantitative estimate of drug-likeness (QED) is 0.417. The van der Waals surface area contributed by atoms with Crippen molar-refractivity contribution in [3.63, 3.8) is 0 Å². The van der Waals surface area contributed by atoms with Crippen molar-refractivity contribution < 1.29 is 69.2 Å². The molecule has 1 aromatic rings. The summed E-state index contributed by atoms with van der Waals surface area (Å²) in [5.74, 6) is 0. The van der Waals surface area contributed by atoms with Crippen LogP contribution in [0.5, 0.6) is 0 Å². The molecule has 0 saturated heterocycles. The molecular weight excluding hydrogens is 185 g/mol. The Bertz CT molecular complexity index is 266. The first-order valence-corrected chi connectivity index (χ1v) is 3.50. The van der Waals surface area contributed by atoms with Gasteiger partial charge in [-0.3, -0.25) is 0 Å². The molecule has 0 unspecified atom stereocenters. The van der Waals surface area contributed by atoms with Gasteiger partial charge in [0.15, 0.2) is 0 Å². The minimum atomic E-state index is -1.85. The summed E-state index contributed by atoms with van der Waals surface area (Å²) in [6.45, 7) is 3.71. The maximum Gasteiger partial charge on any atom is 1.00 e. The van der Waals surface area contributed by atoms with E-state index in [0.29, 0.717) is 5.46 Å². The van der Waals surface area contributed by atoms with Crippen LogP contribution >= 0.6 is 0 Å². The van der Waals surface area contributed by atoms with Gasteiger partial charge in [0.2, 0.25) is 0 Å². The molecule has 0 amide bonds. The molecule has 0 saturated carbocycles. The zero-order chi connectivity index (χ0) is 8.43. The van der Waals surface area contributed by atoms with Gasteiger partial charge in [-0.15, -0.1) is 5.46 Å². The zero-order valence-electron chi connectivity index (χ0n) is 8.63. The number of hydrogen-bond acceptors (Lipinski definition) is 2. The van der Waals surface area contributed by atoms with Gasteiger partial charge in [-0.05, 0) is 13.8 Å². The van der Waals surface area contributed by atoms with Crippen molar-refractivity contribution in [1.29, 1.82) is 0 Å². The van der Waals surface area contributed by atoms with E-state index in [2.05, 4.69) is 0 Å². The fourth-order valence-electron chi connectivity index (χ4n) is 1.09. The normalized spacial score (nSPS) is 8.31. The van der Waals surface area contributed by atoms with E-state index in [1.165, 1.54) is 0 Å². The molecule has 2 nitrogen and oxygen atoms in total. The molecule has 0 bridgehead atoms. The van der Waals surface area contributed by atoms with Gasteiger partial charge in [-0.2, -0.15) is 0 Å². The summed E-state index contributed by atoms with van der Waals surface area (Å²) in [5.41, 5.74) is 2.22. The molecule has 0 atom stereocenters. The third-order valence-corrected chi connectivity index (χ3v) is 1.68. The molecule has 0 heterocycles. The van der Waals surface area contributed by atoms with E-state index in [1.807, 2.05) is 13.0 Å². The van der Waals surface area contributed by atoms with Gasteiger partial charge in [0, 0.05) is 0 Å². The maximum atomic E-state index is 10.5. The Morgan fingerprint density at radius 2 is 1.62 bits per heavy atom. The second-order valence-electron chi connectivity index (χ2n) is 2.69. The van der Waals surface area contributed by atoms with Crippen molar-refractivity contribution in [2.24, 2.45) is 0 Å². The Balaban J connectivity index is 0. The van der Waals surface area contributed by atoms with Crippen molar-refractivity contribution in [2.75, 3.05) is 0 Å². The molecule has 0 aliphatic rings. The molecule has 0 aliphatic heterocycles. The molecule has 1 aromatic carbocycles. The smallest absolute Gasteiger partial charge is 0.889 e. The first kappa shape index (κ1) is 16.6. The second-order valence-corrected chi connectivity index (χ2v) is 2.69. The summed E-state index contributed by atoms with van der Waals surface area (Å²) >= 11 is 0. The fraction of sp³-hybridized carbons (Fsp3) is 0.250. The van der Waals surface area contributed by atoms with Gasteiger partial charge < -0.3 is 10.0 Å². The average molecular weight is 194 g/mol. The molecule has 0 fully saturated rings. The molecular formula is C8H9BNa2O2. The van der Waals surface area contributed by atoms with Crippen LogP contribution in [0.15, 0.2) is 18.2 Å². The topological polar surface area (TPSA) is 46.1 Å². The second kappa shape index (κ2) is 7.49. The largest absolute Gasteiger partial charge is 1.00 e. The van der Waals surface area contributed by atoms with Crippen molar-refractivity contribution in [3.8, 4) is 0 Å². The molecule has 0 N–H and O–H groups in total. The van der Waals surface area contributed by atoms with Crippen molar-refractivity contribution >= 4 is 12.6 Å². The van der Waals surface area contributed by atoms with E-state index in [1.54, 1.807) is 19.1 Å². The summed E-state index contributed by atoms with van der Waals surface area (Å²) in [4.78, 5) is 0. The van der Waals surface area contributed by atoms with Crippen molar-refractivity contribution in [3.05, 3.63) is 29.3 Å². The van der Waals surface area contributed by atoms with E-state index in [4.69, 9.17) is 0 Å². The fourth-order valence-corrected chi connectivity index (χ4v) is 1.09. The van der Waals surface area contributed by atoms with Gasteiger partial charge in [-0.1, -0.05) is 36.4 Å². The first-order chi connectivity index (χ1) is 5.11. The van der Waals surface area contributed by atoms with E-state index in [9.17, 15) is 10.0 Å². The first-order valence-electron chi connectivity index (χ1n) is 3.50. The predicted molar refractivity (Wildman–Crippen MR) is 41.3 cm³/mol. The maximum absolute atomic E-state index is 10.5. The van der Waals surface area contributed by atoms with Crippen molar-refractivity contribution in [1.82, 2.24) is 0 Å². The van der Waals surface area contributed by atoms with Crippen LogP contribution in [0.25, 0.3) is 0 Å². The van der Waals surface area contributed by atoms with Gasteiger partial charge in [0.05, 0.1) is 0 Å². The summed E-state index contributed by atoms with van der Waals surface area (Å²) in [7, 11) is -1.85. The number of rotatable bonds is 1. The number of aryl methyl sites for hydroxylation is 2. The van der Waals surface area contributed by atoms with E-state index < -0.39 is 7.12 Å². The van der Waals surface area contributed by atoms with Crippen LogP contribution in [0.2, 0.25) is 0 Å². The molecule has 13 heavy (non-hydrogen) atoms. The Morgan fingerprint density at radius 3 is 2.00 bits per heavy atom. The van der Waals surface area contributed by atoms with Gasteiger partial charge >= 0.3 is 59.1 Å². The SMILES string of the molecule is Cc1ccc(B([O-])[O-])c(C)c1.[Na+].[Na+]. The Labute approximate surface area is 123 Å². The predicted octanol–water partition coefficient (Wildman–Crippen LogP) is -7.27. The van der Waals surface area contributed by atoms with E-state index in [0.717, 1.165) is 11.1 Å². The van der Waals surface area contributed by atoms with Crippen LogP contribution in [0.4, 0.5) is 0 Å². The average Bonchev–Trinajstić information content (AvgIpc) is 1.85. The monoisotopic (exact) mass is 194 g/mol. The Hall–Kier alpha value is 1.20. The van der Waals surface area contributed by atoms with Crippen molar-refractivity contribution in [2.45, 2.75) is 13.8 Å². The van der Waals surface area contributed by atoms with Crippen LogP contribution in [-0.4, -0.2) is 7.12 Å². The summed E-state index contributed by atoms with van der Waals surface area (Å²) in [6.07, 6.45) is 0. The van der Waals surface area contributed by atoms with E-state index in [-0.39, 0.29) is 59.1 Å². The molecule has 5 heteroatoms. The number of hydrogen-bond donors (Lipinski definition) is 0. The zero-order valence-corrected chi connectivity index (χ0v) is 12.6. The standard InChI is InChI=1S/C8H9BO2.2Na/c1-6-3-4-8(9(10)11)7(2)5-6;;/h3-5H,1-2H3;;/q-2;2*+1. The molecule has 0 aromatic heterocycles. The minimum Gasteiger partial charge on any atom is -0.889 e. The molecule has 58 valence electrons. The summed E-state index contributed by atoms with van der Waals surface area (Å²) < 4.78 is 0. The van der Waals surface area contributed by atoms with Crippen LogP contribution in [-0.2, 0) is 0 Å². The molecule has 0 radical (unpaired) electrons. The Kier molecular flexibility index (Phi) is 9.58. The molecule has 1 rings (SSSR count). The molecule has 0 aliphatic carbocycles. The molecule has 0 spiro atoms. The van der Waals surface area contributed by atoms with Crippen LogP contribution < -0.4 is 74.6 Å². The Morgan fingerprint density at radius 1 is 1.08 bits per heavy atom. The van der Waals surface area contributed by atoms with Gasteiger partial charge in [0.1, 0.15) is 0 Å². The van der Waals surface area contributed by atoms with Crippen LogP contribution in [0.3, 0.4) is 0 Å². The van der Waals surface area contributed by atoms with Gasteiger partial charge in [0.25, 0.3) is 0 Å². The van der Waals surface area contributed by atoms with Crippen LogP contribution in [0.1, 0.15) is 11.1 Å². The minimum absolute atomic E-state index is 0. The van der Waals surface area contributed by atoms with Crippen LogP contribution in [0, 0.1) is 13.8 Å². The third kappa shape index (κ3) is 5.00. The summed E-state index contributed by atoms with van der Waals surface area (Å²) in [5, 5.41) is 21.0.